The third-order valence-corrected chi connectivity index (χ3v) is 4.33. The van der Waals surface area contributed by atoms with Crippen molar-refractivity contribution in [1.29, 1.82) is 0 Å². The lowest BCUT2D eigenvalue weighted by Gasteiger charge is -2.19. The van der Waals surface area contributed by atoms with Crippen molar-refractivity contribution >= 4 is 11.6 Å². The molecule has 0 aliphatic carbocycles. The van der Waals surface area contributed by atoms with Gasteiger partial charge in [-0.15, -0.1) is 0 Å². The van der Waals surface area contributed by atoms with Gasteiger partial charge in [0.1, 0.15) is 5.75 Å². The monoisotopic (exact) mass is 354 g/mol. The Balaban J connectivity index is 1.69. The van der Waals surface area contributed by atoms with E-state index in [2.05, 4.69) is 49.6 Å². The molecule has 26 heavy (non-hydrogen) atoms. The summed E-state index contributed by atoms with van der Waals surface area (Å²) in [5.41, 5.74) is 3.39. The summed E-state index contributed by atoms with van der Waals surface area (Å²) in [6, 6.07) is 16.1. The van der Waals surface area contributed by atoms with E-state index in [4.69, 9.17) is 4.74 Å². The number of rotatable bonds is 8. The van der Waals surface area contributed by atoms with E-state index in [0.717, 1.165) is 24.4 Å². The number of hydrogen-bond donors (Lipinski definition) is 2. The molecule has 4 nitrogen and oxygen atoms in total. The minimum atomic E-state index is 0.0262. The van der Waals surface area contributed by atoms with Crippen LogP contribution in [0.2, 0.25) is 0 Å². The molecule has 140 valence electrons. The van der Waals surface area contributed by atoms with E-state index < -0.39 is 0 Å². The summed E-state index contributed by atoms with van der Waals surface area (Å²) in [6.07, 6.45) is 1.33. The van der Waals surface area contributed by atoms with Gasteiger partial charge in [-0.25, -0.2) is 0 Å². The van der Waals surface area contributed by atoms with Gasteiger partial charge in [0.25, 0.3) is 0 Å². The van der Waals surface area contributed by atoms with Gasteiger partial charge in [0, 0.05) is 18.7 Å². The number of nitrogens with one attached hydrogen (secondary N) is 2. The molecule has 0 spiro atoms. The van der Waals surface area contributed by atoms with Gasteiger partial charge in [-0.1, -0.05) is 51.1 Å². The summed E-state index contributed by atoms with van der Waals surface area (Å²) < 4.78 is 5.34. The Labute approximate surface area is 157 Å². The van der Waals surface area contributed by atoms with Crippen LogP contribution in [-0.4, -0.2) is 26.1 Å². The molecule has 1 amide bonds. The maximum Gasteiger partial charge on any atom is 0.225 e. The van der Waals surface area contributed by atoms with Crippen LogP contribution in [-0.2, 0) is 16.6 Å². The number of para-hydroxylation sites is 1. The Morgan fingerprint density at radius 1 is 1.00 bits per heavy atom. The predicted octanol–water partition coefficient (Wildman–Crippen LogP) is 4.15. The van der Waals surface area contributed by atoms with Gasteiger partial charge < -0.3 is 15.4 Å². The summed E-state index contributed by atoms with van der Waals surface area (Å²) in [7, 11) is 1.69. The number of benzene rings is 2. The summed E-state index contributed by atoms with van der Waals surface area (Å²) in [6.45, 7) is 8.00. The van der Waals surface area contributed by atoms with Crippen molar-refractivity contribution < 1.29 is 9.53 Å². The second-order valence-corrected chi connectivity index (χ2v) is 7.44. The van der Waals surface area contributed by atoms with Crippen LogP contribution in [0.15, 0.2) is 48.5 Å². The lowest BCUT2D eigenvalue weighted by atomic mass is 9.87. The van der Waals surface area contributed by atoms with Gasteiger partial charge in [-0.3, -0.25) is 4.79 Å². The molecule has 0 saturated carbocycles. The highest BCUT2D eigenvalue weighted by Gasteiger charge is 2.13. The predicted molar refractivity (Wildman–Crippen MR) is 108 cm³/mol. The van der Waals surface area contributed by atoms with E-state index in [9.17, 15) is 4.79 Å². The molecule has 2 aromatic carbocycles. The number of anilines is 1. The van der Waals surface area contributed by atoms with Gasteiger partial charge >= 0.3 is 0 Å². The van der Waals surface area contributed by atoms with Gasteiger partial charge in [0.05, 0.1) is 7.11 Å². The molecule has 0 heterocycles. The molecule has 0 radical (unpaired) electrons. The van der Waals surface area contributed by atoms with E-state index in [0.29, 0.717) is 13.0 Å². The Morgan fingerprint density at radius 2 is 1.69 bits per heavy atom. The van der Waals surface area contributed by atoms with Crippen molar-refractivity contribution in [2.75, 3.05) is 25.5 Å². The second kappa shape index (κ2) is 9.39. The molecule has 2 rings (SSSR count). The smallest absolute Gasteiger partial charge is 0.225 e. The van der Waals surface area contributed by atoms with Gasteiger partial charge in [-0.05, 0) is 47.7 Å². The third-order valence-electron chi connectivity index (χ3n) is 4.33. The van der Waals surface area contributed by atoms with Crippen molar-refractivity contribution in [2.45, 2.75) is 39.0 Å². The molecule has 0 unspecified atom stereocenters. The maximum absolute atomic E-state index is 12.1. The Hall–Kier alpha value is -2.33. The zero-order chi connectivity index (χ0) is 19.0. The molecule has 0 fully saturated rings. The molecular formula is C22H30N2O2. The molecule has 0 atom stereocenters. The molecule has 2 aromatic rings. The van der Waals surface area contributed by atoms with Crippen molar-refractivity contribution in [3.05, 3.63) is 59.7 Å². The quantitative estimate of drug-likeness (QED) is 0.700. The van der Waals surface area contributed by atoms with Gasteiger partial charge in [0.15, 0.2) is 0 Å². The fourth-order valence-corrected chi connectivity index (χ4v) is 2.74. The number of amides is 1. The normalized spacial score (nSPS) is 11.2. The van der Waals surface area contributed by atoms with Crippen LogP contribution in [0.25, 0.3) is 0 Å². The largest absolute Gasteiger partial charge is 0.496 e. The summed E-state index contributed by atoms with van der Waals surface area (Å²) in [4.78, 5) is 12.1. The third kappa shape index (κ3) is 6.19. The van der Waals surface area contributed by atoms with Crippen molar-refractivity contribution in [2.24, 2.45) is 0 Å². The zero-order valence-corrected chi connectivity index (χ0v) is 16.3. The number of hydrogen-bond acceptors (Lipinski definition) is 3. The Morgan fingerprint density at radius 3 is 2.35 bits per heavy atom. The fourth-order valence-electron chi connectivity index (χ4n) is 2.74. The Bertz CT molecular complexity index is 703. The lowest BCUT2D eigenvalue weighted by Crippen LogP contribution is -2.23. The first-order chi connectivity index (χ1) is 12.4. The van der Waals surface area contributed by atoms with Crippen LogP contribution in [0, 0.1) is 0 Å². The average molecular weight is 354 g/mol. The van der Waals surface area contributed by atoms with E-state index in [-0.39, 0.29) is 11.3 Å². The Kier molecular flexibility index (Phi) is 7.22. The first kappa shape index (κ1) is 20.0. The molecule has 2 N–H and O–H groups in total. The van der Waals surface area contributed by atoms with E-state index in [1.54, 1.807) is 7.11 Å². The average Bonchev–Trinajstić information content (AvgIpc) is 2.61. The summed E-state index contributed by atoms with van der Waals surface area (Å²) in [5, 5.41) is 6.26. The summed E-state index contributed by atoms with van der Waals surface area (Å²) >= 11 is 0. The van der Waals surface area contributed by atoms with Crippen LogP contribution < -0.4 is 15.4 Å². The second-order valence-electron chi connectivity index (χ2n) is 7.44. The molecule has 4 heteroatoms. The summed E-state index contributed by atoms with van der Waals surface area (Å²) in [5.74, 6) is 0.934. The van der Waals surface area contributed by atoms with Crippen molar-refractivity contribution in [3.8, 4) is 5.75 Å². The van der Waals surface area contributed by atoms with E-state index in [1.165, 1.54) is 11.1 Å². The first-order valence-electron chi connectivity index (χ1n) is 9.13. The molecule has 0 bridgehead atoms. The minimum Gasteiger partial charge on any atom is -0.496 e. The molecular weight excluding hydrogens is 324 g/mol. The topological polar surface area (TPSA) is 50.4 Å². The lowest BCUT2D eigenvalue weighted by molar-refractivity contribution is -0.116. The highest BCUT2D eigenvalue weighted by molar-refractivity contribution is 5.90. The first-order valence-corrected chi connectivity index (χ1v) is 9.13. The van der Waals surface area contributed by atoms with Crippen LogP contribution in [0.4, 0.5) is 5.69 Å². The SMILES string of the molecule is COc1ccccc1CCNCCC(=O)Nc1ccc(C(C)(C)C)cc1. The van der Waals surface area contributed by atoms with Gasteiger partial charge in [-0.2, -0.15) is 0 Å². The molecule has 0 saturated heterocycles. The standard InChI is InChI=1S/C22H30N2O2/c1-22(2,3)18-9-11-19(12-10-18)24-21(25)14-16-23-15-13-17-7-5-6-8-20(17)26-4/h5-12,23H,13-16H2,1-4H3,(H,24,25). The van der Waals surface area contributed by atoms with E-state index >= 15 is 0 Å². The number of ether oxygens (including phenoxy) is 1. The minimum absolute atomic E-state index is 0.0262. The highest BCUT2D eigenvalue weighted by Crippen LogP contribution is 2.23. The van der Waals surface area contributed by atoms with Crippen LogP contribution in [0.3, 0.4) is 0 Å². The van der Waals surface area contributed by atoms with E-state index in [1.807, 2.05) is 30.3 Å². The molecule has 0 aromatic heterocycles. The molecule has 0 aliphatic heterocycles. The van der Waals surface area contributed by atoms with Crippen LogP contribution >= 0.6 is 0 Å². The van der Waals surface area contributed by atoms with Crippen LogP contribution in [0.1, 0.15) is 38.3 Å². The highest BCUT2D eigenvalue weighted by atomic mass is 16.5. The van der Waals surface area contributed by atoms with Gasteiger partial charge in [0.2, 0.25) is 5.91 Å². The molecule has 0 aliphatic rings. The maximum atomic E-state index is 12.1. The number of carbonyl (C=O) groups excluding carboxylic acids is 1. The number of methoxy groups -OCH3 is 1. The fraction of sp³-hybridized carbons (Fsp3) is 0.409. The number of carbonyl (C=O) groups is 1. The van der Waals surface area contributed by atoms with Crippen LogP contribution in [0.5, 0.6) is 5.75 Å². The van der Waals surface area contributed by atoms with Crippen molar-refractivity contribution in [3.63, 3.8) is 0 Å². The van der Waals surface area contributed by atoms with Crippen molar-refractivity contribution in [1.82, 2.24) is 5.32 Å². The zero-order valence-electron chi connectivity index (χ0n) is 16.3.